The Kier molecular flexibility index (Phi) is 2.74. The highest BCUT2D eigenvalue weighted by Crippen LogP contribution is 2.12. The molecule has 0 unspecified atom stereocenters. The van der Waals surface area contributed by atoms with Gasteiger partial charge in [-0.2, -0.15) is 4.98 Å². The van der Waals surface area contributed by atoms with Crippen LogP contribution in [0.15, 0.2) is 9.59 Å². The Bertz CT molecular complexity index is 664. The minimum atomic E-state index is -0.412. The van der Waals surface area contributed by atoms with E-state index in [9.17, 15) is 9.59 Å². The van der Waals surface area contributed by atoms with Crippen molar-refractivity contribution in [3.8, 4) is 0 Å². The summed E-state index contributed by atoms with van der Waals surface area (Å²) in [5.41, 5.74) is 0.00815. The lowest BCUT2D eigenvalue weighted by Gasteiger charge is -2.03. The van der Waals surface area contributed by atoms with Crippen LogP contribution in [0.4, 0.5) is 5.95 Å². The van der Waals surface area contributed by atoms with Crippen LogP contribution in [0.25, 0.3) is 11.2 Å². The van der Waals surface area contributed by atoms with E-state index in [0.29, 0.717) is 23.7 Å². The van der Waals surface area contributed by atoms with Crippen molar-refractivity contribution in [2.24, 2.45) is 7.05 Å². The van der Waals surface area contributed by atoms with Crippen molar-refractivity contribution in [1.82, 2.24) is 19.1 Å². The second-order valence-corrected chi connectivity index (χ2v) is 3.83. The molecule has 0 atom stereocenters. The number of rotatable bonds is 3. The highest BCUT2D eigenvalue weighted by molar-refractivity contribution is 5.73. The summed E-state index contributed by atoms with van der Waals surface area (Å²) in [6, 6.07) is 0. The predicted octanol–water partition coefficient (Wildman–Crippen LogP) is -0.125. The predicted molar refractivity (Wildman–Crippen MR) is 65.4 cm³/mol. The lowest BCUT2D eigenvalue weighted by Crippen LogP contribution is -2.30. The summed E-state index contributed by atoms with van der Waals surface area (Å²) < 4.78 is 3.12. The third kappa shape index (κ3) is 1.63. The van der Waals surface area contributed by atoms with Gasteiger partial charge in [0.2, 0.25) is 5.95 Å². The Morgan fingerprint density at radius 3 is 2.71 bits per heavy atom. The first-order valence-electron chi connectivity index (χ1n) is 5.47. The molecule has 0 saturated carbocycles. The average Bonchev–Trinajstić information content (AvgIpc) is 2.62. The van der Waals surface area contributed by atoms with E-state index in [1.54, 1.807) is 18.7 Å². The maximum atomic E-state index is 11.7. The quantitative estimate of drug-likeness (QED) is 0.779. The van der Waals surface area contributed by atoms with Gasteiger partial charge in [-0.3, -0.25) is 14.3 Å². The van der Waals surface area contributed by atoms with E-state index in [2.05, 4.69) is 15.3 Å². The van der Waals surface area contributed by atoms with Crippen LogP contribution in [0.1, 0.15) is 13.3 Å². The zero-order valence-corrected chi connectivity index (χ0v) is 10.1. The van der Waals surface area contributed by atoms with E-state index >= 15 is 0 Å². The van der Waals surface area contributed by atoms with Gasteiger partial charge in [0.1, 0.15) is 0 Å². The van der Waals surface area contributed by atoms with Crippen LogP contribution in [0.3, 0.4) is 0 Å². The van der Waals surface area contributed by atoms with E-state index in [1.165, 1.54) is 4.57 Å². The topological polar surface area (TPSA) is 84.7 Å². The smallest absolute Gasteiger partial charge is 0.330 e. The summed E-state index contributed by atoms with van der Waals surface area (Å²) in [5, 5.41) is 2.88. The summed E-state index contributed by atoms with van der Waals surface area (Å²) in [7, 11) is 3.45. The van der Waals surface area contributed by atoms with Crippen LogP contribution < -0.4 is 16.6 Å². The summed E-state index contributed by atoms with van der Waals surface area (Å²) in [5.74, 6) is 0.556. The van der Waals surface area contributed by atoms with Gasteiger partial charge in [0, 0.05) is 20.6 Å². The van der Waals surface area contributed by atoms with Gasteiger partial charge in [0.15, 0.2) is 11.2 Å². The fraction of sp³-hybridized carbons (Fsp3) is 0.500. The number of nitrogens with zero attached hydrogens (tertiary/aromatic N) is 3. The second-order valence-electron chi connectivity index (χ2n) is 3.83. The summed E-state index contributed by atoms with van der Waals surface area (Å²) in [6.07, 6.45) is 0.798. The number of anilines is 1. The molecule has 0 fully saturated rings. The van der Waals surface area contributed by atoms with E-state index in [1.807, 2.05) is 6.92 Å². The second kappa shape index (κ2) is 4.08. The van der Waals surface area contributed by atoms with Crippen LogP contribution in [0, 0.1) is 0 Å². The summed E-state index contributed by atoms with van der Waals surface area (Å²) in [4.78, 5) is 30.0. The first-order valence-corrected chi connectivity index (χ1v) is 5.47. The molecule has 7 heteroatoms. The molecule has 2 aromatic rings. The molecule has 0 spiro atoms. The van der Waals surface area contributed by atoms with Crippen LogP contribution in [0.2, 0.25) is 0 Å². The third-order valence-electron chi connectivity index (χ3n) is 2.68. The number of fused-ring (bicyclic) bond motifs is 1. The van der Waals surface area contributed by atoms with Crippen LogP contribution in [0.5, 0.6) is 0 Å². The van der Waals surface area contributed by atoms with Gasteiger partial charge in [-0.15, -0.1) is 0 Å². The molecule has 0 amide bonds. The van der Waals surface area contributed by atoms with E-state index in [0.717, 1.165) is 6.42 Å². The van der Waals surface area contributed by atoms with Crippen molar-refractivity contribution in [3.63, 3.8) is 0 Å². The highest BCUT2D eigenvalue weighted by atomic mass is 16.2. The van der Waals surface area contributed by atoms with Crippen molar-refractivity contribution in [2.45, 2.75) is 19.9 Å². The maximum absolute atomic E-state index is 11.7. The Morgan fingerprint density at radius 2 is 2.12 bits per heavy atom. The van der Waals surface area contributed by atoms with Gasteiger partial charge in [0.25, 0.3) is 5.56 Å². The number of aromatic amines is 1. The molecule has 2 heterocycles. The van der Waals surface area contributed by atoms with Crippen LogP contribution in [-0.2, 0) is 13.6 Å². The van der Waals surface area contributed by atoms with Gasteiger partial charge in [-0.25, -0.2) is 4.79 Å². The van der Waals surface area contributed by atoms with Gasteiger partial charge in [-0.05, 0) is 6.42 Å². The number of imidazole rings is 1. The molecule has 0 radical (unpaired) electrons. The molecule has 0 aromatic carbocycles. The van der Waals surface area contributed by atoms with Gasteiger partial charge in [-0.1, -0.05) is 6.92 Å². The Hall–Kier alpha value is -2.05. The molecule has 7 nitrogen and oxygen atoms in total. The van der Waals surface area contributed by atoms with Crippen molar-refractivity contribution in [1.29, 1.82) is 0 Å². The number of hydrogen-bond acceptors (Lipinski definition) is 4. The minimum absolute atomic E-state index is 0.405. The van der Waals surface area contributed by atoms with Crippen LogP contribution >= 0.6 is 0 Å². The average molecular weight is 237 g/mol. The number of nitrogens with one attached hydrogen (secondary N) is 2. The standard InChI is InChI=1S/C10H15N5O2/c1-4-5-15-7-6(8(16)13-10(15)17)14(3)9(11-2)12-7/h4-5H2,1-3H3,(H,11,12)(H,13,16,17). The molecule has 0 aliphatic heterocycles. The normalized spacial score (nSPS) is 11.0. The molecular weight excluding hydrogens is 222 g/mol. The Balaban J connectivity index is 2.92. The molecular formula is C10H15N5O2. The van der Waals surface area contributed by atoms with Gasteiger partial charge < -0.3 is 9.88 Å². The minimum Gasteiger partial charge on any atom is -0.359 e. The van der Waals surface area contributed by atoms with Crippen molar-refractivity contribution in [3.05, 3.63) is 20.8 Å². The molecule has 17 heavy (non-hydrogen) atoms. The van der Waals surface area contributed by atoms with Gasteiger partial charge >= 0.3 is 5.69 Å². The van der Waals surface area contributed by atoms with Crippen LogP contribution in [-0.4, -0.2) is 26.1 Å². The number of aryl methyl sites for hydroxylation is 2. The van der Waals surface area contributed by atoms with Crippen molar-refractivity contribution < 1.29 is 0 Å². The first-order chi connectivity index (χ1) is 8.10. The monoisotopic (exact) mass is 237 g/mol. The molecule has 0 saturated heterocycles. The molecule has 2 aromatic heterocycles. The molecule has 2 rings (SSSR count). The summed E-state index contributed by atoms with van der Waals surface area (Å²) in [6.45, 7) is 2.50. The molecule has 2 N–H and O–H groups in total. The van der Waals surface area contributed by atoms with Crippen molar-refractivity contribution in [2.75, 3.05) is 12.4 Å². The van der Waals surface area contributed by atoms with E-state index in [4.69, 9.17) is 0 Å². The van der Waals surface area contributed by atoms with Crippen molar-refractivity contribution >= 4 is 17.1 Å². The fourth-order valence-corrected chi connectivity index (χ4v) is 1.90. The summed E-state index contributed by atoms with van der Waals surface area (Å²) >= 11 is 0. The SMILES string of the molecule is CCCn1c(=O)[nH]c(=O)c2c1nc(NC)n2C. The highest BCUT2D eigenvalue weighted by Gasteiger charge is 2.14. The fourth-order valence-electron chi connectivity index (χ4n) is 1.90. The third-order valence-corrected chi connectivity index (χ3v) is 2.68. The molecule has 92 valence electrons. The molecule has 0 aliphatic carbocycles. The van der Waals surface area contributed by atoms with E-state index < -0.39 is 11.2 Å². The lowest BCUT2D eigenvalue weighted by atomic mass is 10.4. The van der Waals surface area contributed by atoms with E-state index in [-0.39, 0.29) is 0 Å². The zero-order chi connectivity index (χ0) is 12.6. The maximum Gasteiger partial charge on any atom is 0.330 e. The Morgan fingerprint density at radius 1 is 1.41 bits per heavy atom. The Labute approximate surface area is 97.1 Å². The largest absolute Gasteiger partial charge is 0.359 e. The first kappa shape index (κ1) is 11.4. The zero-order valence-electron chi connectivity index (χ0n) is 10.1. The molecule has 0 aliphatic rings. The number of aromatic nitrogens is 4. The van der Waals surface area contributed by atoms with Gasteiger partial charge in [0.05, 0.1) is 0 Å². The lowest BCUT2D eigenvalue weighted by molar-refractivity contribution is 0.652. The number of hydrogen-bond donors (Lipinski definition) is 2. The number of H-pyrrole nitrogens is 1. The molecule has 0 bridgehead atoms.